The van der Waals surface area contributed by atoms with Crippen LogP contribution >= 0.6 is 11.6 Å². The van der Waals surface area contributed by atoms with Crippen molar-refractivity contribution in [1.29, 1.82) is 0 Å². The van der Waals surface area contributed by atoms with Crippen LogP contribution in [0.3, 0.4) is 0 Å². The van der Waals surface area contributed by atoms with E-state index >= 15 is 0 Å². The summed E-state index contributed by atoms with van der Waals surface area (Å²) >= 11 is 5.98. The summed E-state index contributed by atoms with van der Waals surface area (Å²) in [6.45, 7) is 1.23. The van der Waals surface area contributed by atoms with E-state index in [1.807, 2.05) is 24.3 Å². The zero-order chi connectivity index (χ0) is 18.5. The molecule has 1 heterocycles. The van der Waals surface area contributed by atoms with Gasteiger partial charge in [-0.05, 0) is 49.2 Å². The Morgan fingerprint density at radius 1 is 1.19 bits per heavy atom. The Kier molecular flexibility index (Phi) is 6.01. The summed E-state index contributed by atoms with van der Waals surface area (Å²) in [5, 5.41) is 3.66. The molecule has 1 saturated heterocycles. The summed E-state index contributed by atoms with van der Waals surface area (Å²) in [5.74, 6) is 1.20. The summed E-state index contributed by atoms with van der Waals surface area (Å²) in [6.07, 6.45) is 2.11. The van der Waals surface area contributed by atoms with Crippen LogP contribution in [0.1, 0.15) is 24.4 Å². The number of ether oxygens (including phenoxy) is 2. The molecule has 2 aromatic rings. The summed E-state index contributed by atoms with van der Waals surface area (Å²) < 4.78 is 10.5. The van der Waals surface area contributed by atoms with Crippen LogP contribution in [0.4, 0.5) is 5.69 Å². The summed E-state index contributed by atoms with van der Waals surface area (Å²) in [5.41, 5.74) is 1.80. The topological polar surface area (TPSA) is 50.8 Å². The van der Waals surface area contributed by atoms with Crippen LogP contribution in [0.15, 0.2) is 42.5 Å². The highest BCUT2D eigenvalue weighted by atomic mass is 35.5. The minimum atomic E-state index is -0.0718. The molecule has 1 fully saturated rings. The predicted octanol–water partition coefficient (Wildman–Crippen LogP) is 4.13. The third-order valence-corrected chi connectivity index (χ3v) is 4.90. The van der Waals surface area contributed by atoms with Crippen molar-refractivity contribution in [3.05, 3.63) is 53.1 Å². The second-order valence-electron chi connectivity index (χ2n) is 6.29. The molecule has 0 aliphatic carbocycles. The van der Waals surface area contributed by atoms with Gasteiger partial charge in [0.2, 0.25) is 5.91 Å². The van der Waals surface area contributed by atoms with Crippen molar-refractivity contribution < 1.29 is 14.3 Å². The van der Waals surface area contributed by atoms with Gasteiger partial charge >= 0.3 is 0 Å². The number of amides is 1. The van der Waals surface area contributed by atoms with Gasteiger partial charge in [0.25, 0.3) is 0 Å². The van der Waals surface area contributed by atoms with E-state index in [0.717, 1.165) is 24.4 Å². The van der Waals surface area contributed by atoms with Gasteiger partial charge in [-0.3, -0.25) is 9.69 Å². The van der Waals surface area contributed by atoms with E-state index in [1.54, 1.807) is 32.4 Å². The second-order valence-corrected chi connectivity index (χ2v) is 6.73. The quantitative estimate of drug-likeness (QED) is 0.825. The third-order valence-electron chi connectivity index (χ3n) is 4.65. The van der Waals surface area contributed by atoms with Crippen LogP contribution in [0.25, 0.3) is 0 Å². The fourth-order valence-electron chi connectivity index (χ4n) is 3.36. The van der Waals surface area contributed by atoms with Gasteiger partial charge in [0.15, 0.2) is 0 Å². The maximum atomic E-state index is 12.6. The molecule has 3 rings (SSSR count). The van der Waals surface area contributed by atoms with Crippen LogP contribution < -0.4 is 14.8 Å². The summed E-state index contributed by atoms with van der Waals surface area (Å²) in [6, 6.07) is 13.4. The fourth-order valence-corrected chi connectivity index (χ4v) is 3.49. The zero-order valence-electron chi connectivity index (χ0n) is 15.0. The van der Waals surface area contributed by atoms with Gasteiger partial charge in [-0.1, -0.05) is 23.7 Å². The largest absolute Gasteiger partial charge is 0.497 e. The van der Waals surface area contributed by atoms with Crippen LogP contribution in [0.5, 0.6) is 11.5 Å². The molecule has 0 aromatic heterocycles. The lowest BCUT2D eigenvalue weighted by Gasteiger charge is -2.24. The Morgan fingerprint density at radius 3 is 2.65 bits per heavy atom. The molecule has 2 aromatic carbocycles. The number of nitrogens with zero attached hydrogens (tertiary/aromatic N) is 1. The van der Waals surface area contributed by atoms with E-state index in [0.29, 0.717) is 23.7 Å². The van der Waals surface area contributed by atoms with E-state index in [1.165, 1.54) is 5.56 Å². The van der Waals surface area contributed by atoms with Crippen LogP contribution in [0.2, 0.25) is 5.02 Å². The average Bonchev–Trinajstić information content (AvgIpc) is 3.10. The molecule has 1 atom stereocenters. The molecule has 6 heteroatoms. The zero-order valence-corrected chi connectivity index (χ0v) is 15.8. The first-order valence-electron chi connectivity index (χ1n) is 8.62. The maximum Gasteiger partial charge on any atom is 0.238 e. The predicted molar refractivity (Wildman–Crippen MR) is 103 cm³/mol. The third kappa shape index (κ3) is 4.29. The lowest BCUT2D eigenvalue weighted by molar-refractivity contribution is -0.117. The Hall–Kier alpha value is -2.24. The van der Waals surface area contributed by atoms with Crippen molar-refractivity contribution in [1.82, 2.24) is 4.90 Å². The Bertz CT molecular complexity index is 764. The van der Waals surface area contributed by atoms with Gasteiger partial charge < -0.3 is 14.8 Å². The van der Waals surface area contributed by atoms with E-state index in [9.17, 15) is 4.79 Å². The standard InChI is InChI=1S/C20H23ClN2O3/c1-25-16-9-10-19(26-2)17(12-16)22-20(24)13-23-11-3-4-18(23)14-5-7-15(21)8-6-14/h5-10,12,18H,3-4,11,13H2,1-2H3,(H,22,24)/t18-/m1/s1. The summed E-state index contributed by atoms with van der Waals surface area (Å²) in [4.78, 5) is 14.8. The number of rotatable bonds is 6. The van der Waals surface area contributed by atoms with E-state index in [4.69, 9.17) is 21.1 Å². The minimum Gasteiger partial charge on any atom is -0.497 e. The Balaban J connectivity index is 1.68. The number of carbonyl (C=O) groups is 1. The molecule has 1 aliphatic heterocycles. The molecule has 1 N–H and O–H groups in total. The molecule has 5 nitrogen and oxygen atoms in total. The number of nitrogens with one attached hydrogen (secondary N) is 1. The number of benzene rings is 2. The van der Waals surface area contributed by atoms with Crippen molar-refractivity contribution in [2.24, 2.45) is 0 Å². The van der Waals surface area contributed by atoms with Gasteiger partial charge in [0.1, 0.15) is 11.5 Å². The lowest BCUT2D eigenvalue weighted by atomic mass is 10.0. The molecule has 1 amide bonds. The number of anilines is 1. The molecular weight excluding hydrogens is 352 g/mol. The van der Waals surface area contributed by atoms with Crippen molar-refractivity contribution in [3.8, 4) is 11.5 Å². The highest BCUT2D eigenvalue weighted by molar-refractivity contribution is 6.30. The van der Waals surface area contributed by atoms with Crippen molar-refractivity contribution in [2.45, 2.75) is 18.9 Å². The average molecular weight is 375 g/mol. The lowest BCUT2D eigenvalue weighted by Crippen LogP contribution is -2.33. The summed E-state index contributed by atoms with van der Waals surface area (Å²) in [7, 11) is 3.17. The van der Waals surface area contributed by atoms with E-state index in [2.05, 4.69) is 10.2 Å². The van der Waals surface area contributed by atoms with Crippen molar-refractivity contribution in [2.75, 3.05) is 32.6 Å². The van der Waals surface area contributed by atoms with Crippen molar-refractivity contribution in [3.63, 3.8) is 0 Å². The first kappa shape index (κ1) is 18.5. The van der Waals surface area contributed by atoms with Crippen LogP contribution in [-0.4, -0.2) is 38.1 Å². The van der Waals surface area contributed by atoms with Crippen LogP contribution in [0, 0.1) is 0 Å². The maximum absolute atomic E-state index is 12.6. The fraction of sp³-hybridized carbons (Fsp3) is 0.350. The highest BCUT2D eigenvalue weighted by Crippen LogP contribution is 2.33. The van der Waals surface area contributed by atoms with E-state index < -0.39 is 0 Å². The van der Waals surface area contributed by atoms with Gasteiger partial charge in [0.05, 0.1) is 26.5 Å². The normalized spacial score (nSPS) is 17.1. The molecule has 26 heavy (non-hydrogen) atoms. The second kappa shape index (κ2) is 8.43. The number of halogens is 1. The van der Waals surface area contributed by atoms with Gasteiger partial charge in [-0.2, -0.15) is 0 Å². The number of methoxy groups -OCH3 is 2. The highest BCUT2D eigenvalue weighted by Gasteiger charge is 2.27. The van der Waals surface area contributed by atoms with Crippen molar-refractivity contribution >= 4 is 23.2 Å². The SMILES string of the molecule is COc1ccc(OC)c(NC(=O)CN2CCC[C@@H]2c2ccc(Cl)cc2)c1. The number of hydrogen-bond donors (Lipinski definition) is 1. The smallest absolute Gasteiger partial charge is 0.238 e. The Morgan fingerprint density at radius 2 is 1.96 bits per heavy atom. The van der Waals surface area contributed by atoms with Gasteiger partial charge in [-0.15, -0.1) is 0 Å². The minimum absolute atomic E-state index is 0.0718. The monoisotopic (exact) mass is 374 g/mol. The van der Waals surface area contributed by atoms with E-state index in [-0.39, 0.29) is 11.9 Å². The molecule has 0 bridgehead atoms. The molecule has 0 spiro atoms. The van der Waals surface area contributed by atoms with Crippen LogP contribution in [-0.2, 0) is 4.79 Å². The number of hydrogen-bond acceptors (Lipinski definition) is 4. The molecule has 138 valence electrons. The molecule has 0 unspecified atom stereocenters. The van der Waals surface area contributed by atoms with Gasteiger partial charge in [0, 0.05) is 17.1 Å². The first-order valence-corrected chi connectivity index (χ1v) is 9.00. The first-order chi connectivity index (χ1) is 12.6. The molecular formula is C20H23ClN2O3. The number of carbonyl (C=O) groups excluding carboxylic acids is 1. The molecule has 0 radical (unpaired) electrons. The Labute approximate surface area is 158 Å². The number of likely N-dealkylation sites (tertiary alicyclic amines) is 1. The van der Waals surface area contributed by atoms with Gasteiger partial charge in [-0.25, -0.2) is 0 Å². The molecule has 1 aliphatic rings. The molecule has 0 saturated carbocycles.